The number of para-hydroxylation sites is 1. The summed E-state index contributed by atoms with van der Waals surface area (Å²) in [5.41, 5.74) is 1.00. The number of amides is 2. The van der Waals surface area contributed by atoms with E-state index in [-0.39, 0.29) is 42.9 Å². The monoisotopic (exact) mass is 519 g/mol. The molecule has 2 rings (SSSR count). The Kier molecular flexibility index (Phi) is 11.4. The molecule has 0 bridgehead atoms. The third-order valence-electron chi connectivity index (χ3n) is 6.14. The average Bonchev–Trinajstić information content (AvgIpc) is 2.84. The van der Waals surface area contributed by atoms with Gasteiger partial charge in [-0.05, 0) is 50.3 Å². The molecule has 2 aromatic carbocycles. The molecule has 0 aliphatic heterocycles. The first kappa shape index (κ1) is 29.3. The minimum atomic E-state index is -3.75. The van der Waals surface area contributed by atoms with Crippen molar-refractivity contribution >= 4 is 27.5 Å². The molecule has 1 N–H and O–H groups in total. The maximum absolute atomic E-state index is 14.3. The molecule has 0 aliphatic rings. The summed E-state index contributed by atoms with van der Waals surface area (Å²) in [6.45, 7) is 6.08. The molecule has 0 aliphatic carbocycles. The van der Waals surface area contributed by atoms with Crippen LogP contribution in [0.2, 0.25) is 0 Å². The summed E-state index contributed by atoms with van der Waals surface area (Å²) in [4.78, 5) is 28.0. The van der Waals surface area contributed by atoms with Gasteiger partial charge in [0.15, 0.2) is 0 Å². The summed E-state index contributed by atoms with van der Waals surface area (Å²) in [5.74, 6) is -1.08. The summed E-state index contributed by atoms with van der Waals surface area (Å²) in [5, 5.41) is 2.97. The highest BCUT2D eigenvalue weighted by Crippen LogP contribution is 2.22. The van der Waals surface area contributed by atoms with Crippen LogP contribution >= 0.6 is 0 Å². The van der Waals surface area contributed by atoms with Gasteiger partial charge in [0.2, 0.25) is 21.8 Å². The van der Waals surface area contributed by atoms with Crippen LogP contribution < -0.4 is 9.62 Å². The van der Waals surface area contributed by atoms with Crippen LogP contribution in [0.1, 0.15) is 52.0 Å². The van der Waals surface area contributed by atoms with Crippen molar-refractivity contribution in [2.45, 2.75) is 65.0 Å². The molecule has 2 atom stereocenters. The van der Waals surface area contributed by atoms with Crippen LogP contribution in [0.25, 0.3) is 0 Å². The van der Waals surface area contributed by atoms with Crippen molar-refractivity contribution in [1.82, 2.24) is 10.2 Å². The molecule has 0 saturated carbocycles. The number of hydrogen-bond donors (Lipinski definition) is 1. The van der Waals surface area contributed by atoms with Crippen LogP contribution in [-0.4, -0.2) is 56.6 Å². The molecule has 2 aromatic rings. The lowest BCUT2D eigenvalue weighted by Gasteiger charge is -2.32. The Morgan fingerprint density at radius 2 is 1.61 bits per heavy atom. The van der Waals surface area contributed by atoms with E-state index in [0.29, 0.717) is 19.4 Å². The highest BCUT2D eigenvalue weighted by Gasteiger charge is 2.29. The van der Waals surface area contributed by atoms with Gasteiger partial charge >= 0.3 is 0 Å². The minimum Gasteiger partial charge on any atom is -0.352 e. The summed E-state index contributed by atoms with van der Waals surface area (Å²) in [6.07, 6.45) is 3.04. The van der Waals surface area contributed by atoms with Gasteiger partial charge in [-0.3, -0.25) is 13.9 Å². The summed E-state index contributed by atoms with van der Waals surface area (Å²) < 4.78 is 40.0. The SMILES string of the molecule is CC[C@@H](C)NC(=O)[C@H](CC)N(CCc1ccccc1)C(=O)CCCN(c1ccccc1F)S(C)(=O)=O. The number of hydrogen-bond acceptors (Lipinski definition) is 4. The van der Waals surface area contributed by atoms with Gasteiger partial charge in [-0.15, -0.1) is 0 Å². The zero-order valence-corrected chi connectivity index (χ0v) is 22.4. The number of carbonyl (C=O) groups is 2. The Morgan fingerprint density at radius 3 is 2.19 bits per heavy atom. The lowest BCUT2D eigenvalue weighted by molar-refractivity contribution is -0.141. The number of halogens is 1. The van der Waals surface area contributed by atoms with Crippen molar-refractivity contribution in [2.75, 3.05) is 23.7 Å². The number of carbonyl (C=O) groups excluding carboxylic acids is 2. The normalized spacial score (nSPS) is 13.0. The molecule has 36 heavy (non-hydrogen) atoms. The van der Waals surface area contributed by atoms with Gasteiger partial charge < -0.3 is 10.2 Å². The third-order valence-corrected chi connectivity index (χ3v) is 7.32. The van der Waals surface area contributed by atoms with E-state index in [1.807, 2.05) is 51.1 Å². The van der Waals surface area contributed by atoms with Crippen molar-refractivity contribution in [1.29, 1.82) is 0 Å². The van der Waals surface area contributed by atoms with Crippen molar-refractivity contribution in [3.63, 3.8) is 0 Å². The second-order valence-electron chi connectivity index (χ2n) is 8.95. The molecule has 0 heterocycles. The van der Waals surface area contributed by atoms with Gasteiger partial charge in [0.05, 0.1) is 11.9 Å². The smallest absolute Gasteiger partial charge is 0.243 e. The topological polar surface area (TPSA) is 86.8 Å². The maximum atomic E-state index is 14.3. The summed E-state index contributed by atoms with van der Waals surface area (Å²) in [6, 6.07) is 14.7. The second kappa shape index (κ2) is 14.0. The first-order valence-electron chi connectivity index (χ1n) is 12.4. The zero-order valence-electron chi connectivity index (χ0n) is 21.6. The van der Waals surface area contributed by atoms with Crippen molar-refractivity contribution < 1.29 is 22.4 Å². The van der Waals surface area contributed by atoms with E-state index in [1.165, 1.54) is 18.2 Å². The van der Waals surface area contributed by atoms with Crippen LogP contribution in [0.3, 0.4) is 0 Å². The number of anilines is 1. The number of rotatable bonds is 14. The van der Waals surface area contributed by atoms with Gasteiger partial charge in [-0.25, -0.2) is 12.8 Å². The molecule has 7 nitrogen and oxygen atoms in total. The standard InChI is InChI=1S/C27H38FN3O4S/c1-5-21(3)29-27(33)24(6-2)30(20-18-22-13-8-7-9-14-22)26(32)17-12-19-31(36(4,34)35)25-16-11-10-15-23(25)28/h7-11,13-16,21,24H,5-6,12,17-20H2,1-4H3,(H,29,33)/t21-,24+/m1/s1. The van der Waals surface area contributed by atoms with E-state index in [1.54, 1.807) is 11.0 Å². The lowest BCUT2D eigenvalue weighted by atomic mass is 10.1. The Hall–Kier alpha value is -2.94. The van der Waals surface area contributed by atoms with Crippen molar-refractivity contribution in [3.05, 3.63) is 66.0 Å². The van der Waals surface area contributed by atoms with Crippen LogP contribution in [0, 0.1) is 5.82 Å². The van der Waals surface area contributed by atoms with Gasteiger partial charge in [0.1, 0.15) is 11.9 Å². The van der Waals surface area contributed by atoms with Crippen molar-refractivity contribution in [2.24, 2.45) is 0 Å². The quantitative estimate of drug-likeness (QED) is 0.407. The highest BCUT2D eigenvalue weighted by molar-refractivity contribution is 7.92. The number of nitrogens with one attached hydrogen (secondary N) is 1. The highest BCUT2D eigenvalue weighted by atomic mass is 32.2. The minimum absolute atomic E-state index is 0.0123. The lowest BCUT2D eigenvalue weighted by Crippen LogP contribution is -2.51. The first-order valence-corrected chi connectivity index (χ1v) is 14.3. The van der Waals surface area contributed by atoms with E-state index in [0.717, 1.165) is 22.5 Å². The molecular weight excluding hydrogens is 481 g/mol. The fourth-order valence-corrected chi connectivity index (χ4v) is 4.94. The molecule has 0 radical (unpaired) electrons. The molecule has 198 valence electrons. The van der Waals surface area contributed by atoms with E-state index < -0.39 is 21.9 Å². The second-order valence-corrected chi connectivity index (χ2v) is 10.9. The van der Waals surface area contributed by atoms with Crippen LogP contribution in [0.5, 0.6) is 0 Å². The molecule has 0 unspecified atom stereocenters. The van der Waals surface area contributed by atoms with E-state index in [2.05, 4.69) is 5.32 Å². The average molecular weight is 520 g/mol. The largest absolute Gasteiger partial charge is 0.352 e. The Bertz CT molecular complexity index is 1100. The number of benzene rings is 2. The van der Waals surface area contributed by atoms with Gasteiger partial charge in [0.25, 0.3) is 0 Å². The molecule has 0 saturated heterocycles. The third kappa shape index (κ3) is 8.62. The summed E-state index contributed by atoms with van der Waals surface area (Å²) in [7, 11) is -3.75. The molecular formula is C27H38FN3O4S. The molecule has 2 amide bonds. The molecule has 0 fully saturated rings. The Balaban J connectivity index is 2.17. The fraction of sp³-hybridized carbons (Fsp3) is 0.481. The molecule has 0 spiro atoms. The summed E-state index contributed by atoms with van der Waals surface area (Å²) >= 11 is 0. The molecule has 0 aromatic heterocycles. The van der Waals surface area contributed by atoms with E-state index >= 15 is 0 Å². The first-order chi connectivity index (χ1) is 17.1. The fourth-order valence-electron chi connectivity index (χ4n) is 3.97. The molecule has 9 heteroatoms. The van der Waals surface area contributed by atoms with Crippen LogP contribution in [-0.2, 0) is 26.0 Å². The van der Waals surface area contributed by atoms with E-state index in [9.17, 15) is 22.4 Å². The van der Waals surface area contributed by atoms with Crippen LogP contribution in [0.4, 0.5) is 10.1 Å². The Morgan fingerprint density at radius 1 is 0.972 bits per heavy atom. The maximum Gasteiger partial charge on any atom is 0.243 e. The van der Waals surface area contributed by atoms with Gasteiger partial charge in [-0.2, -0.15) is 0 Å². The zero-order chi connectivity index (χ0) is 26.7. The predicted molar refractivity (Wildman–Crippen MR) is 142 cm³/mol. The number of sulfonamides is 1. The van der Waals surface area contributed by atoms with E-state index in [4.69, 9.17) is 0 Å². The van der Waals surface area contributed by atoms with Crippen LogP contribution in [0.15, 0.2) is 54.6 Å². The number of nitrogens with zero attached hydrogens (tertiary/aromatic N) is 2. The van der Waals surface area contributed by atoms with Crippen molar-refractivity contribution in [3.8, 4) is 0 Å². The van der Waals surface area contributed by atoms with Gasteiger partial charge in [0, 0.05) is 25.6 Å². The van der Waals surface area contributed by atoms with Gasteiger partial charge in [-0.1, -0.05) is 56.3 Å². The Labute approximate surface area is 214 Å². The predicted octanol–water partition coefficient (Wildman–Crippen LogP) is 4.14.